The Morgan fingerprint density at radius 2 is 1.57 bits per heavy atom. The van der Waals surface area contributed by atoms with Crippen LogP contribution in [0.5, 0.6) is 23.0 Å². The third-order valence-electron chi connectivity index (χ3n) is 5.41. The summed E-state index contributed by atoms with van der Waals surface area (Å²) in [6.07, 6.45) is 0.803. The molecule has 3 rings (SSSR count). The van der Waals surface area contributed by atoms with Crippen LogP contribution in [0.1, 0.15) is 16.7 Å². The fraction of sp³-hybridized carbons (Fsp3) is 0.296. The summed E-state index contributed by atoms with van der Waals surface area (Å²) in [6, 6.07) is 17.2. The minimum absolute atomic E-state index is 0.140. The summed E-state index contributed by atoms with van der Waals surface area (Å²) >= 11 is 3.60. The monoisotopic (exact) mass is 542 g/mol. The molecule has 0 spiro atoms. The molecule has 0 bridgehead atoms. The Morgan fingerprint density at radius 1 is 0.886 bits per heavy atom. The van der Waals surface area contributed by atoms with Gasteiger partial charge in [0.05, 0.1) is 21.3 Å². The topological polar surface area (TPSA) is 78.0 Å². The summed E-state index contributed by atoms with van der Waals surface area (Å²) in [5, 5.41) is 6.29. The molecule has 0 saturated heterocycles. The van der Waals surface area contributed by atoms with Gasteiger partial charge in [0, 0.05) is 22.3 Å². The molecule has 0 radical (unpaired) electrons. The molecule has 0 aromatic heterocycles. The summed E-state index contributed by atoms with van der Waals surface area (Å²) in [5.74, 6) is 2.26. The van der Waals surface area contributed by atoms with Crippen LogP contribution >= 0.6 is 15.9 Å². The molecule has 0 heterocycles. The van der Waals surface area contributed by atoms with Gasteiger partial charge in [-0.05, 0) is 61.9 Å². The average Bonchev–Trinajstić information content (AvgIpc) is 2.87. The Balaban J connectivity index is 1.61. The molecule has 3 aromatic carbocycles. The second kappa shape index (κ2) is 13.0. The molecule has 0 saturated carbocycles. The van der Waals surface area contributed by atoms with E-state index in [1.54, 1.807) is 21.3 Å². The maximum Gasteiger partial charge on any atom is 0.262 e. The van der Waals surface area contributed by atoms with Crippen LogP contribution in [0, 0.1) is 6.92 Å². The molecule has 2 N–H and O–H groups in total. The van der Waals surface area contributed by atoms with Gasteiger partial charge in [0.1, 0.15) is 0 Å². The van der Waals surface area contributed by atoms with E-state index < -0.39 is 0 Å². The van der Waals surface area contributed by atoms with Gasteiger partial charge in [-0.25, -0.2) is 0 Å². The molecule has 3 aromatic rings. The number of anilines is 1. The Hall–Kier alpha value is -3.23. The van der Waals surface area contributed by atoms with Crippen molar-refractivity contribution in [3.8, 4) is 23.0 Å². The number of methoxy groups -OCH3 is 3. The zero-order valence-electron chi connectivity index (χ0n) is 20.4. The Bertz CT molecular complexity index is 1140. The first-order valence-electron chi connectivity index (χ1n) is 11.2. The lowest BCUT2D eigenvalue weighted by Crippen LogP contribution is -2.22. The summed E-state index contributed by atoms with van der Waals surface area (Å²) in [7, 11) is 4.83. The summed E-state index contributed by atoms with van der Waals surface area (Å²) in [6.45, 7) is 3.11. The normalized spacial score (nSPS) is 10.5. The lowest BCUT2D eigenvalue weighted by molar-refractivity contribution is -0.118. The number of rotatable bonds is 12. The van der Waals surface area contributed by atoms with Crippen LogP contribution in [-0.2, 0) is 17.8 Å². The summed E-state index contributed by atoms with van der Waals surface area (Å²) in [5.41, 5.74) is 3.85. The van der Waals surface area contributed by atoms with Crippen LogP contribution in [-0.4, -0.2) is 40.4 Å². The molecule has 0 aliphatic carbocycles. The van der Waals surface area contributed by atoms with Gasteiger partial charge < -0.3 is 29.6 Å². The molecule has 186 valence electrons. The fourth-order valence-electron chi connectivity index (χ4n) is 3.52. The number of halogens is 1. The van der Waals surface area contributed by atoms with E-state index in [1.807, 2.05) is 61.5 Å². The molecule has 35 heavy (non-hydrogen) atoms. The van der Waals surface area contributed by atoms with E-state index in [4.69, 9.17) is 18.9 Å². The maximum absolute atomic E-state index is 12.5. The quantitative estimate of drug-likeness (QED) is 0.309. The molecule has 0 atom stereocenters. The Kier molecular flexibility index (Phi) is 9.81. The van der Waals surface area contributed by atoms with Gasteiger partial charge in [0.25, 0.3) is 5.91 Å². The van der Waals surface area contributed by atoms with Crippen LogP contribution < -0.4 is 29.6 Å². The van der Waals surface area contributed by atoms with Crippen molar-refractivity contribution in [2.24, 2.45) is 0 Å². The first-order valence-corrected chi connectivity index (χ1v) is 12.0. The van der Waals surface area contributed by atoms with Crippen molar-refractivity contribution in [2.75, 3.05) is 39.8 Å². The average molecular weight is 543 g/mol. The standard InChI is InChI=1S/C27H31BrN2O5/c1-18-5-8-20(9-6-18)30-26(31)17-35-27-21(22(28)10-12-24(27)33-3)16-29-14-13-19-7-11-23(32-2)25(15-19)34-4/h5-12,15,29H,13-14,16-17H2,1-4H3,(H,30,31). The zero-order chi connectivity index (χ0) is 25.2. The summed E-state index contributed by atoms with van der Waals surface area (Å²) < 4.78 is 23.0. The number of benzene rings is 3. The van der Waals surface area contributed by atoms with E-state index in [0.29, 0.717) is 29.5 Å². The highest BCUT2D eigenvalue weighted by atomic mass is 79.9. The fourth-order valence-corrected chi connectivity index (χ4v) is 3.97. The summed E-state index contributed by atoms with van der Waals surface area (Å²) in [4.78, 5) is 12.5. The highest BCUT2D eigenvalue weighted by molar-refractivity contribution is 9.10. The van der Waals surface area contributed by atoms with Gasteiger partial charge in [-0.3, -0.25) is 4.79 Å². The number of aryl methyl sites for hydroxylation is 1. The first-order chi connectivity index (χ1) is 16.9. The molecule has 1 amide bonds. The van der Waals surface area contributed by atoms with Gasteiger partial charge in [0.2, 0.25) is 0 Å². The number of amides is 1. The molecule has 0 fully saturated rings. The molecule has 8 heteroatoms. The van der Waals surface area contributed by atoms with E-state index in [1.165, 1.54) is 0 Å². The van der Waals surface area contributed by atoms with Gasteiger partial charge in [-0.2, -0.15) is 0 Å². The van der Waals surface area contributed by atoms with Crippen LogP contribution in [0.15, 0.2) is 59.1 Å². The highest BCUT2D eigenvalue weighted by Crippen LogP contribution is 2.36. The van der Waals surface area contributed by atoms with Gasteiger partial charge in [-0.1, -0.05) is 39.7 Å². The minimum atomic E-state index is -0.247. The molecule has 0 aliphatic rings. The van der Waals surface area contributed by atoms with Gasteiger partial charge in [-0.15, -0.1) is 0 Å². The largest absolute Gasteiger partial charge is 0.493 e. The van der Waals surface area contributed by atoms with Crippen molar-refractivity contribution in [3.63, 3.8) is 0 Å². The Labute approximate surface area is 214 Å². The van der Waals surface area contributed by atoms with Crippen molar-refractivity contribution >= 4 is 27.5 Å². The third kappa shape index (κ3) is 7.37. The first kappa shape index (κ1) is 26.4. The van der Waals surface area contributed by atoms with Crippen molar-refractivity contribution in [1.29, 1.82) is 0 Å². The van der Waals surface area contributed by atoms with E-state index in [2.05, 4.69) is 26.6 Å². The highest BCUT2D eigenvalue weighted by Gasteiger charge is 2.16. The SMILES string of the molecule is COc1ccc(CCNCc2c(Br)ccc(OC)c2OCC(=O)Nc2ccc(C)cc2)cc1OC. The van der Waals surface area contributed by atoms with Crippen molar-refractivity contribution in [2.45, 2.75) is 19.9 Å². The number of hydrogen-bond donors (Lipinski definition) is 2. The molecule has 0 aliphatic heterocycles. The lowest BCUT2D eigenvalue weighted by Gasteiger charge is -2.17. The van der Waals surface area contributed by atoms with Crippen molar-refractivity contribution < 1.29 is 23.7 Å². The Morgan fingerprint density at radius 3 is 2.26 bits per heavy atom. The second-order valence-electron chi connectivity index (χ2n) is 7.88. The van der Waals surface area contributed by atoms with Crippen molar-refractivity contribution in [3.05, 3.63) is 75.8 Å². The van der Waals surface area contributed by atoms with Gasteiger partial charge >= 0.3 is 0 Å². The lowest BCUT2D eigenvalue weighted by atomic mass is 10.1. The molecule has 7 nitrogen and oxygen atoms in total. The number of carbonyl (C=O) groups is 1. The van der Waals surface area contributed by atoms with E-state index in [-0.39, 0.29) is 12.5 Å². The van der Waals surface area contributed by atoms with Crippen molar-refractivity contribution in [1.82, 2.24) is 5.32 Å². The predicted molar refractivity (Wildman–Crippen MR) is 141 cm³/mol. The van der Waals surface area contributed by atoms with E-state index >= 15 is 0 Å². The van der Waals surface area contributed by atoms with E-state index in [0.717, 1.165) is 39.8 Å². The number of ether oxygens (including phenoxy) is 4. The van der Waals surface area contributed by atoms with Gasteiger partial charge in [0.15, 0.2) is 29.6 Å². The van der Waals surface area contributed by atoms with Crippen LogP contribution in [0.25, 0.3) is 0 Å². The number of hydrogen-bond acceptors (Lipinski definition) is 6. The molecule has 0 unspecified atom stereocenters. The minimum Gasteiger partial charge on any atom is -0.493 e. The van der Waals surface area contributed by atoms with Crippen LogP contribution in [0.4, 0.5) is 5.69 Å². The number of carbonyl (C=O) groups excluding carboxylic acids is 1. The second-order valence-corrected chi connectivity index (χ2v) is 8.73. The maximum atomic E-state index is 12.5. The number of nitrogens with one attached hydrogen (secondary N) is 2. The van der Waals surface area contributed by atoms with E-state index in [9.17, 15) is 4.79 Å². The smallest absolute Gasteiger partial charge is 0.262 e. The molecular formula is C27H31BrN2O5. The van der Waals surface area contributed by atoms with Crippen LogP contribution in [0.2, 0.25) is 0 Å². The zero-order valence-corrected chi connectivity index (χ0v) is 22.0. The third-order valence-corrected chi connectivity index (χ3v) is 6.15. The van der Waals surface area contributed by atoms with Crippen LogP contribution in [0.3, 0.4) is 0 Å². The predicted octanol–water partition coefficient (Wildman–Crippen LogP) is 5.13. The molecular weight excluding hydrogens is 512 g/mol.